The number of nitrogens with zero attached hydrogens (tertiary/aromatic N) is 1. The first-order valence-corrected chi connectivity index (χ1v) is 11.1. The fraction of sp³-hybridized carbons (Fsp3) is 0.381. The molecule has 164 valence electrons. The molecule has 1 atom stereocenters. The standard InChI is InChI=1S/C19H19F2NO5S.C2H6/c20-17-6-5-15(9-18(17)21)28(25,26)16-7-8-22(10-16)19(24)12-27-14-3-1-13(11-23)2-4-14;1-2/h1-6,9,16,23H,7-8,10-12H2;1-2H3. The molecule has 0 bridgehead atoms. The summed E-state index contributed by atoms with van der Waals surface area (Å²) in [7, 11) is -3.88. The van der Waals surface area contributed by atoms with Gasteiger partial charge in [-0.05, 0) is 42.3 Å². The van der Waals surface area contributed by atoms with E-state index < -0.39 is 26.7 Å². The van der Waals surface area contributed by atoms with Crippen LogP contribution in [0.5, 0.6) is 5.75 Å². The van der Waals surface area contributed by atoms with Gasteiger partial charge in [-0.2, -0.15) is 0 Å². The molecule has 30 heavy (non-hydrogen) atoms. The zero-order valence-corrected chi connectivity index (χ0v) is 17.7. The highest BCUT2D eigenvalue weighted by atomic mass is 32.2. The van der Waals surface area contributed by atoms with E-state index in [-0.39, 0.29) is 43.5 Å². The van der Waals surface area contributed by atoms with Crippen molar-refractivity contribution in [2.24, 2.45) is 0 Å². The molecule has 1 heterocycles. The molecule has 0 radical (unpaired) electrons. The summed E-state index contributed by atoms with van der Waals surface area (Å²) in [5, 5.41) is 8.12. The second kappa shape index (κ2) is 10.5. The predicted octanol–water partition coefficient (Wildman–Crippen LogP) is 2.94. The van der Waals surface area contributed by atoms with Crippen LogP contribution >= 0.6 is 0 Å². The van der Waals surface area contributed by atoms with Crippen molar-refractivity contribution in [2.45, 2.75) is 37.0 Å². The minimum atomic E-state index is -3.88. The van der Waals surface area contributed by atoms with Crippen LogP contribution < -0.4 is 4.74 Å². The molecule has 0 spiro atoms. The Morgan fingerprint density at radius 1 is 1.13 bits per heavy atom. The highest BCUT2D eigenvalue weighted by Gasteiger charge is 2.36. The molecule has 1 amide bonds. The maximum absolute atomic E-state index is 13.4. The topological polar surface area (TPSA) is 83.9 Å². The van der Waals surface area contributed by atoms with Gasteiger partial charge in [-0.3, -0.25) is 4.79 Å². The molecule has 6 nitrogen and oxygen atoms in total. The third kappa shape index (κ3) is 5.54. The van der Waals surface area contributed by atoms with Gasteiger partial charge in [0, 0.05) is 13.1 Å². The van der Waals surface area contributed by atoms with Gasteiger partial charge in [0.1, 0.15) is 5.75 Å². The van der Waals surface area contributed by atoms with E-state index in [1.165, 1.54) is 4.90 Å². The molecular weight excluding hydrogens is 416 g/mol. The van der Waals surface area contributed by atoms with Crippen LogP contribution in [0.3, 0.4) is 0 Å². The second-order valence-electron chi connectivity index (χ2n) is 6.46. The first kappa shape index (κ1) is 23.8. The van der Waals surface area contributed by atoms with Gasteiger partial charge in [-0.25, -0.2) is 17.2 Å². The van der Waals surface area contributed by atoms with E-state index >= 15 is 0 Å². The number of likely N-dealkylation sites (tertiary alicyclic amines) is 1. The fourth-order valence-corrected chi connectivity index (χ4v) is 4.68. The van der Waals surface area contributed by atoms with Gasteiger partial charge >= 0.3 is 0 Å². The summed E-state index contributed by atoms with van der Waals surface area (Å²) < 4.78 is 57.1. The number of aliphatic hydroxyl groups excluding tert-OH is 1. The molecule has 9 heteroatoms. The van der Waals surface area contributed by atoms with Gasteiger partial charge in [0.15, 0.2) is 28.1 Å². The minimum absolute atomic E-state index is 0.0347. The minimum Gasteiger partial charge on any atom is -0.484 e. The summed E-state index contributed by atoms with van der Waals surface area (Å²) in [5.74, 6) is -2.26. The number of hydrogen-bond donors (Lipinski definition) is 1. The van der Waals surface area contributed by atoms with Crippen molar-refractivity contribution in [2.75, 3.05) is 19.7 Å². The van der Waals surface area contributed by atoms with Crippen molar-refractivity contribution in [3.63, 3.8) is 0 Å². The number of hydrogen-bond acceptors (Lipinski definition) is 5. The molecule has 3 rings (SSSR count). The molecule has 0 aromatic heterocycles. The number of rotatable bonds is 6. The molecular formula is C21H25F2NO5S. The average molecular weight is 441 g/mol. The Morgan fingerprint density at radius 2 is 1.80 bits per heavy atom. The lowest BCUT2D eigenvalue weighted by Gasteiger charge is -2.17. The summed E-state index contributed by atoms with van der Waals surface area (Å²) >= 11 is 0. The Bertz CT molecular complexity index is 964. The van der Waals surface area contributed by atoms with Crippen molar-refractivity contribution in [3.05, 3.63) is 59.7 Å². The molecule has 1 aliphatic heterocycles. The van der Waals surface area contributed by atoms with E-state index in [9.17, 15) is 22.0 Å². The zero-order chi connectivity index (χ0) is 22.3. The average Bonchev–Trinajstić information content (AvgIpc) is 3.27. The third-order valence-corrected chi connectivity index (χ3v) is 6.80. The van der Waals surface area contributed by atoms with Crippen LogP contribution in [0.1, 0.15) is 25.8 Å². The molecule has 1 N–H and O–H groups in total. The first-order valence-electron chi connectivity index (χ1n) is 9.60. The van der Waals surface area contributed by atoms with Crippen molar-refractivity contribution < 1.29 is 31.8 Å². The van der Waals surface area contributed by atoms with Crippen LogP contribution in [0, 0.1) is 11.6 Å². The Balaban J connectivity index is 0.00000155. The van der Waals surface area contributed by atoms with E-state index in [1.54, 1.807) is 24.3 Å². The summed E-state index contributed by atoms with van der Waals surface area (Å²) in [6.45, 7) is 3.85. The lowest BCUT2D eigenvalue weighted by Crippen LogP contribution is -2.35. The third-order valence-electron chi connectivity index (χ3n) is 4.62. The molecule has 1 saturated heterocycles. The Kier molecular flexibility index (Phi) is 8.31. The van der Waals surface area contributed by atoms with E-state index in [4.69, 9.17) is 9.84 Å². The molecule has 2 aromatic rings. The van der Waals surface area contributed by atoms with Crippen LogP contribution in [-0.2, 0) is 21.2 Å². The molecule has 1 unspecified atom stereocenters. The molecule has 0 saturated carbocycles. The Morgan fingerprint density at radius 3 is 2.40 bits per heavy atom. The number of benzene rings is 2. The molecule has 1 fully saturated rings. The lowest BCUT2D eigenvalue weighted by atomic mass is 10.2. The number of ether oxygens (including phenoxy) is 1. The predicted molar refractivity (Wildman–Crippen MR) is 108 cm³/mol. The van der Waals surface area contributed by atoms with Gasteiger partial charge in [-0.15, -0.1) is 0 Å². The number of carbonyl (C=O) groups excluding carboxylic acids is 1. The maximum Gasteiger partial charge on any atom is 0.260 e. The summed E-state index contributed by atoms with van der Waals surface area (Å²) in [4.78, 5) is 13.4. The number of aliphatic hydroxyl groups is 1. The van der Waals surface area contributed by atoms with E-state index in [2.05, 4.69) is 0 Å². The number of carbonyl (C=O) groups is 1. The van der Waals surface area contributed by atoms with E-state index in [0.29, 0.717) is 17.4 Å². The summed E-state index contributed by atoms with van der Waals surface area (Å²) in [6.07, 6.45) is 0.207. The van der Waals surface area contributed by atoms with Crippen molar-refractivity contribution in [1.29, 1.82) is 0 Å². The highest BCUT2D eigenvalue weighted by molar-refractivity contribution is 7.92. The lowest BCUT2D eigenvalue weighted by molar-refractivity contribution is -0.132. The Labute approximate surface area is 175 Å². The molecule has 2 aromatic carbocycles. The Hall–Kier alpha value is -2.52. The summed E-state index contributed by atoms with van der Waals surface area (Å²) in [6, 6.07) is 9.04. The van der Waals surface area contributed by atoms with Gasteiger partial charge in [-0.1, -0.05) is 26.0 Å². The maximum atomic E-state index is 13.4. The number of halogens is 2. The summed E-state index contributed by atoms with van der Waals surface area (Å²) in [5.41, 5.74) is 0.712. The highest BCUT2D eigenvalue weighted by Crippen LogP contribution is 2.25. The normalized spacial score (nSPS) is 16.0. The van der Waals surface area contributed by atoms with Gasteiger partial charge in [0.2, 0.25) is 0 Å². The largest absolute Gasteiger partial charge is 0.484 e. The first-order chi connectivity index (χ1) is 14.3. The van der Waals surface area contributed by atoms with Gasteiger partial charge < -0.3 is 14.7 Å². The van der Waals surface area contributed by atoms with Crippen molar-refractivity contribution in [3.8, 4) is 5.75 Å². The van der Waals surface area contributed by atoms with Gasteiger partial charge in [0.05, 0.1) is 16.8 Å². The SMILES string of the molecule is CC.O=C(COc1ccc(CO)cc1)N1CCC(S(=O)(=O)c2ccc(F)c(F)c2)C1. The van der Waals surface area contributed by atoms with Crippen LogP contribution in [0.25, 0.3) is 0 Å². The van der Waals surface area contributed by atoms with Gasteiger partial charge in [0.25, 0.3) is 5.91 Å². The number of amides is 1. The second-order valence-corrected chi connectivity index (χ2v) is 8.69. The molecule has 1 aliphatic rings. The van der Waals surface area contributed by atoms with E-state index in [1.807, 2.05) is 13.8 Å². The van der Waals surface area contributed by atoms with Crippen LogP contribution in [0.2, 0.25) is 0 Å². The van der Waals surface area contributed by atoms with Crippen molar-refractivity contribution in [1.82, 2.24) is 4.90 Å². The zero-order valence-electron chi connectivity index (χ0n) is 16.8. The molecule has 0 aliphatic carbocycles. The van der Waals surface area contributed by atoms with Crippen molar-refractivity contribution >= 4 is 15.7 Å². The fourth-order valence-electron chi connectivity index (χ4n) is 2.98. The quantitative estimate of drug-likeness (QED) is 0.697. The smallest absolute Gasteiger partial charge is 0.260 e. The van der Waals surface area contributed by atoms with Crippen LogP contribution in [0.4, 0.5) is 8.78 Å². The van der Waals surface area contributed by atoms with E-state index in [0.717, 1.165) is 12.1 Å². The monoisotopic (exact) mass is 441 g/mol. The van der Waals surface area contributed by atoms with Crippen LogP contribution in [0.15, 0.2) is 47.4 Å². The number of sulfone groups is 1. The van der Waals surface area contributed by atoms with Crippen LogP contribution in [-0.4, -0.2) is 49.3 Å².